The van der Waals surface area contributed by atoms with E-state index in [1.165, 1.54) is 30.1 Å². The number of ketones is 1. The zero-order valence-electron chi connectivity index (χ0n) is 14.2. The van der Waals surface area contributed by atoms with E-state index < -0.39 is 22.7 Å². The lowest BCUT2D eigenvalue weighted by molar-refractivity contribution is -0.384. The molecular formula is C19H16N2O5. The number of amides is 1. The van der Waals surface area contributed by atoms with Crippen LogP contribution in [0.3, 0.4) is 0 Å². The Kier molecular flexibility index (Phi) is 4.29. The lowest BCUT2D eigenvalue weighted by Gasteiger charge is -2.20. The number of aryl methyl sites for hydroxylation is 1. The molecule has 2 aromatic rings. The van der Waals surface area contributed by atoms with Crippen LogP contribution in [-0.4, -0.2) is 33.7 Å². The number of nitro benzene ring substituents is 1. The number of benzene rings is 2. The van der Waals surface area contributed by atoms with Crippen molar-refractivity contribution in [2.45, 2.75) is 13.0 Å². The SMILES string of the molecule is Cc1ccc(/C(O)=C2\C(=O)C(=O)N(C)[C@H]2c2cccc([N+](=O)[O-])c2)cc1. The van der Waals surface area contributed by atoms with Crippen LogP contribution in [0.15, 0.2) is 54.1 Å². The van der Waals surface area contributed by atoms with Crippen LogP contribution in [0.4, 0.5) is 5.69 Å². The smallest absolute Gasteiger partial charge is 0.295 e. The molecule has 3 rings (SSSR count). The van der Waals surface area contributed by atoms with Crippen molar-refractivity contribution in [3.8, 4) is 0 Å². The lowest BCUT2D eigenvalue weighted by Crippen LogP contribution is -2.24. The summed E-state index contributed by atoms with van der Waals surface area (Å²) in [6.45, 7) is 1.89. The van der Waals surface area contributed by atoms with Gasteiger partial charge in [-0.25, -0.2) is 0 Å². The molecule has 0 radical (unpaired) electrons. The quantitative estimate of drug-likeness (QED) is 0.301. The van der Waals surface area contributed by atoms with E-state index in [2.05, 4.69) is 0 Å². The summed E-state index contributed by atoms with van der Waals surface area (Å²) in [7, 11) is 1.43. The number of likely N-dealkylation sites (tertiary alicyclic amines) is 1. The van der Waals surface area contributed by atoms with Gasteiger partial charge in [0.2, 0.25) is 0 Å². The van der Waals surface area contributed by atoms with Crippen molar-refractivity contribution < 1.29 is 19.6 Å². The number of non-ortho nitro benzene ring substituents is 1. The van der Waals surface area contributed by atoms with Gasteiger partial charge in [0.1, 0.15) is 5.76 Å². The van der Waals surface area contributed by atoms with Crippen LogP contribution in [0.2, 0.25) is 0 Å². The van der Waals surface area contributed by atoms with Gasteiger partial charge in [-0.2, -0.15) is 0 Å². The summed E-state index contributed by atoms with van der Waals surface area (Å²) in [5.74, 6) is -1.89. The Labute approximate surface area is 149 Å². The molecule has 1 saturated heterocycles. The maximum atomic E-state index is 12.5. The first-order chi connectivity index (χ1) is 12.3. The van der Waals surface area contributed by atoms with Crippen LogP contribution in [0.1, 0.15) is 22.7 Å². The second-order valence-electron chi connectivity index (χ2n) is 6.13. The minimum atomic E-state index is -0.892. The summed E-state index contributed by atoms with van der Waals surface area (Å²) in [6.07, 6.45) is 0. The molecule has 0 spiro atoms. The van der Waals surface area contributed by atoms with Gasteiger partial charge in [-0.05, 0) is 12.5 Å². The molecule has 1 heterocycles. The van der Waals surface area contributed by atoms with E-state index in [1.54, 1.807) is 30.3 Å². The van der Waals surface area contributed by atoms with E-state index in [0.29, 0.717) is 11.1 Å². The number of hydrogen-bond acceptors (Lipinski definition) is 5. The number of Topliss-reactive ketones (excluding diaryl/α,β-unsaturated/α-hetero) is 1. The first-order valence-corrected chi connectivity index (χ1v) is 7.87. The lowest BCUT2D eigenvalue weighted by atomic mass is 9.95. The van der Waals surface area contributed by atoms with Gasteiger partial charge in [0.05, 0.1) is 16.5 Å². The third-order valence-electron chi connectivity index (χ3n) is 4.40. The van der Waals surface area contributed by atoms with Crippen LogP contribution >= 0.6 is 0 Å². The fourth-order valence-corrected chi connectivity index (χ4v) is 3.01. The maximum absolute atomic E-state index is 12.5. The van der Waals surface area contributed by atoms with Crippen LogP contribution < -0.4 is 0 Å². The van der Waals surface area contributed by atoms with Gasteiger partial charge in [0.25, 0.3) is 17.4 Å². The molecule has 1 aliphatic heterocycles. The summed E-state index contributed by atoms with van der Waals surface area (Å²) < 4.78 is 0. The number of carbonyl (C=O) groups is 2. The number of hydrogen-bond donors (Lipinski definition) is 1. The van der Waals surface area contributed by atoms with Crippen molar-refractivity contribution in [2.24, 2.45) is 0 Å². The van der Waals surface area contributed by atoms with E-state index >= 15 is 0 Å². The molecule has 0 aromatic heterocycles. The van der Waals surface area contributed by atoms with E-state index in [4.69, 9.17) is 0 Å². The molecule has 1 fully saturated rings. The summed E-state index contributed by atoms with van der Waals surface area (Å²) in [5, 5.41) is 21.7. The number of nitro groups is 1. The standard InChI is InChI=1S/C19H16N2O5/c1-11-6-8-12(9-7-11)17(22)15-16(20(2)19(24)18(15)23)13-4-3-5-14(10-13)21(25)26/h3-10,16,22H,1-2H3/b17-15+/t16-/m0/s1. The molecule has 7 heteroatoms. The molecule has 26 heavy (non-hydrogen) atoms. The molecule has 1 aliphatic rings. The van der Waals surface area contributed by atoms with Crippen molar-refractivity contribution in [1.29, 1.82) is 0 Å². The Hall–Kier alpha value is -3.48. The zero-order valence-corrected chi connectivity index (χ0v) is 14.2. The third kappa shape index (κ3) is 2.83. The Balaban J connectivity index is 2.18. The number of nitrogens with zero attached hydrogens (tertiary/aromatic N) is 2. The third-order valence-corrected chi connectivity index (χ3v) is 4.40. The van der Waals surface area contributed by atoms with Gasteiger partial charge in [-0.1, -0.05) is 42.0 Å². The van der Waals surface area contributed by atoms with Crippen molar-refractivity contribution in [1.82, 2.24) is 4.90 Å². The fraction of sp³-hybridized carbons (Fsp3) is 0.158. The number of likely N-dealkylation sites (N-methyl/N-ethyl adjacent to an activating group) is 1. The maximum Gasteiger partial charge on any atom is 0.295 e. The van der Waals surface area contributed by atoms with Crippen molar-refractivity contribution >= 4 is 23.1 Å². The number of carbonyl (C=O) groups excluding carboxylic acids is 2. The monoisotopic (exact) mass is 352 g/mol. The van der Waals surface area contributed by atoms with Crippen molar-refractivity contribution in [2.75, 3.05) is 7.05 Å². The first-order valence-electron chi connectivity index (χ1n) is 7.87. The van der Waals surface area contributed by atoms with Crippen LogP contribution in [0.25, 0.3) is 5.76 Å². The average molecular weight is 352 g/mol. The first kappa shape index (κ1) is 17.3. The van der Waals surface area contributed by atoms with Crippen molar-refractivity contribution in [3.63, 3.8) is 0 Å². The highest BCUT2D eigenvalue weighted by Gasteiger charge is 2.44. The molecule has 0 unspecified atom stereocenters. The Morgan fingerprint density at radius 1 is 1.15 bits per heavy atom. The van der Waals surface area contributed by atoms with Crippen LogP contribution in [0, 0.1) is 17.0 Å². The van der Waals surface area contributed by atoms with Gasteiger partial charge in [0.15, 0.2) is 0 Å². The molecule has 0 saturated carbocycles. The van der Waals surface area contributed by atoms with Gasteiger partial charge < -0.3 is 10.0 Å². The van der Waals surface area contributed by atoms with Crippen LogP contribution in [0.5, 0.6) is 0 Å². The Morgan fingerprint density at radius 3 is 2.42 bits per heavy atom. The highest BCUT2D eigenvalue weighted by atomic mass is 16.6. The average Bonchev–Trinajstić information content (AvgIpc) is 2.86. The molecule has 0 aliphatic carbocycles. The topological polar surface area (TPSA) is 101 Å². The van der Waals surface area contributed by atoms with Gasteiger partial charge >= 0.3 is 0 Å². The molecule has 1 amide bonds. The molecule has 1 atom stereocenters. The zero-order chi connectivity index (χ0) is 19.0. The number of rotatable bonds is 3. The molecular weight excluding hydrogens is 336 g/mol. The minimum absolute atomic E-state index is 0.0816. The van der Waals surface area contributed by atoms with Gasteiger partial charge in [0, 0.05) is 24.7 Å². The van der Waals surface area contributed by atoms with Crippen molar-refractivity contribution in [3.05, 3.63) is 80.9 Å². The van der Waals surface area contributed by atoms with Crippen LogP contribution in [-0.2, 0) is 9.59 Å². The number of aliphatic hydroxyl groups excluding tert-OH is 1. The minimum Gasteiger partial charge on any atom is -0.507 e. The van der Waals surface area contributed by atoms with Gasteiger partial charge in [-0.3, -0.25) is 19.7 Å². The largest absolute Gasteiger partial charge is 0.507 e. The molecule has 0 bridgehead atoms. The summed E-state index contributed by atoms with van der Waals surface area (Å²) in [4.78, 5) is 36.3. The highest BCUT2D eigenvalue weighted by Crippen LogP contribution is 2.39. The summed E-state index contributed by atoms with van der Waals surface area (Å²) >= 11 is 0. The van der Waals surface area contributed by atoms with Gasteiger partial charge in [-0.15, -0.1) is 0 Å². The normalized spacial score (nSPS) is 19.0. The fourth-order valence-electron chi connectivity index (χ4n) is 3.01. The van der Waals surface area contributed by atoms with E-state index in [-0.39, 0.29) is 17.0 Å². The second kappa shape index (κ2) is 6.44. The highest BCUT2D eigenvalue weighted by molar-refractivity contribution is 6.46. The van der Waals surface area contributed by atoms with E-state index in [1.807, 2.05) is 6.92 Å². The Bertz CT molecular complexity index is 947. The second-order valence-corrected chi connectivity index (χ2v) is 6.13. The van der Waals surface area contributed by atoms with E-state index in [0.717, 1.165) is 5.56 Å². The summed E-state index contributed by atoms with van der Waals surface area (Å²) in [6, 6.07) is 11.7. The molecule has 7 nitrogen and oxygen atoms in total. The van der Waals surface area contributed by atoms with E-state index in [9.17, 15) is 24.8 Å². The Morgan fingerprint density at radius 2 is 1.81 bits per heavy atom. The molecule has 132 valence electrons. The molecule has 2 aromatic carbocycles. The summed E-state index contributed by atoms with van der Waals surface area (Å²) in [5.41, 5.74) is 1.53. The number of aliphatic hydroxyl groups is 1. The predicted octanol–water partition coefficient (Wildman–Crippen LogP) is 2.95. The molecule has 1 N–H and O–H groups in total. The predicted molar refractivity (Wildman–Crippen MR) is 94.3 cm³/mol.